The quantitative estimate of drug-likeness (QED) is 0.857. The SMILES string of the molecule is CN(C(=O)c1c(F)cccc1Cl)c1ccc(N)cc1. The van der Waals surface area contributed by atoms with Crippen molar-refractivity contribution in [3.63, 3.8) is 0 Å². The molecule has 0 aromatic heterocycles. The zero-order chi connectivity index (χ0) is 14.0. The van der Waals surface area contributed by atoms with Crippen LogP contribution in [-0.2, 0) is 0 Å². The number of hydrogen-bond donors (Lipinski definition) is 1. The summed E-state index contributed by atoms with van der Waals surface area (Å²) in [6.07, 6.45) is 0. The van der Waals surface area contributed by atoms with Crippen LogP contribution in [0.5, 0.6) is 0 Å². The van der Waals surface area contributed by atoms with Gasteiger partial charge in [0.1, 0.15) is 5.82 Å². The Morgan fingerprint density at radius 1 is 1.21 bits per heavy atom. The molecule has 0 atom stereocenters. The van der Waals surface area contributed by atoms with E-state index in [0.29, 0.717) is 11.4 Å². The second-order valence-corrected chi connectivity index (χ2v) is 4.46. The van der Waals surface area contributed by atoms with Crippen LogP contribution < -0.4 is 10.6 Å². The van der Waals surface area contributed by atoms with Gasteiger partial charge in [0.05, 0.1) is 10.6 Å². The minimum Gasteiger partial charge on any atom is -0.399 e. The molecule has 1 amide bonds. The van der Waals surface area contributed by atoms with Gasteiger partial charge in [0, 0.05) is 18.4 Å². The lowest BCUT2D eigenvalue weighted by Crippen LogP contribution is -2.27. The highest BCUT2D eigenvalue weighted by Gasteiger charge is 2.20. The maximum absolute atomic E-state index is 13.7. The zero-order valence-electron chi connectivity index (χ0n) is 10.2. The molecule has 0 aliphatic rings. The normalized spacial score (nSPS) is 10.3. The lowest BCUT2D eigenvalue weighted by molar-refractivity contribution is 0.0989. The summed E-state index contributed by atoms with van der Waals surface area (Å²) in [5.74, 6) is -1.15. The van der Waals surface area contributed by atoms with Crippen LogP contribution in [0.25, 0.3) is 0 Å². The molecule has 0 saturated heterocycles. The molecule has 0 aliphatic heterocycles. The molecule has 0 unspecified atom stereocenters. The largest absolute Gasteiger partial charge is 0.399 e. The first-order chi connectivity index (χ1) is 9.00. The summed E-state index contributed by atoms with van der Waals surface area (Å²) in [7, 11) is 1.55. The summed E-state index contributed by atoms with van der Waals surface area (Å²) in [5, 5.41) is 0.0901. The summed E-state index contributed by atoms with van der Waals surface area (Å²) in [6.45, 7) is 0. The summed E-state index contributed by atoms with van der Waals surface area (Å²) >= 11 is 5.87. The minimum absolute atomic E-state index is 0.0901. The Balaban J connectivity index is 2.36. The molecule has 0 spiro atoms. The van der Waals surface area contributed by atoms with E-state index in [1.807, 2.05) is 0 Å². The first-order valence-electron chi connectivity index (χ1n) is 5.58. The van der Waals surface area contributed by atoms with E-state index in [1.54, 1.807) is 31.3 Å². The maximum atomic E-state index is 13.7. The van der Waals surface area contributed by atoms with Crippen LogP contribution in [0.1, 0.15) is 10.4 Å². The van der Waals surface area contributed by atoms with Gasteiger partial charge >= 0.3 is 0 Å². The van der Waals surface area contributed by atoms with Crippen LogP contribution in [0, 0.1) is 5.82 Å². The third-order valence-electron chi connectivity index (χ3n) is 2.76. The predicted molar refractivity (Wildman–Crippen MR) is 75.0 cm³/mol. The van der Waals surface area contributed by atoms with E-state index in [4.69, 9.17) is 17.3 Å². The van der Waals surface area contributed by atoms with Crippen molar-refractivity contribution in [1.82, 2.24) is 0 Å². The maximum Gasteiger partial charge on any atom is 0.262 e. The van der Waals surface area contributed by atoms with Gasteiger partial charge in [-0.3, -0.25) is 4.79 Å². The molecule has 0 bridgehead atoms. The number of carbonyl (C=O) groups is 1. The Morgan fingerprint density at radius 2 is 1.84 bits per heavy atom. The third-order valence-corrected chi connectivity index (χ3v) is 3.08. The Bertz CT molecular complexity index is 593. The molecule has 0 saturated carbocycles. The fourth-order valence-electron chi connectivity index (χ4n) is 1.69. The van der Waals surface area contributed by atoms with E-state index in [-0.39, 0.29) is 10.6 Å². The molecular weight excluding hydrogens is 267 g/mol. The van der Waals surface area contributed by atoms with Gasteiger partial charge in [0.15, 0.2) is 0 Å². The summed E-state index contributed by atoms with van der Waals surface area (Å²) in [6, 6.07) is 10.8. The number of nitrogen functional groups attached to an aromatic ring is 1. The van der Waals surface area contributed by atoms with E-state index in [0.717, 1.165) is 0 Å². The predicted octanol–water partition coefficient (Wildman–Crippen LogP) is 3.34. The van der Waals surface area contributed by atoms with Crippen molar-refractivity contribution in [2.24, 2.45) is 0 Å². The topological polar surface area (TPSA) is 46.3 Å². The van der Waals surface area contributed by atoms with Gasteiger partial charge < -0.3 is 10.6 Å². The monoisotopic (exact) mass is 278 g/mol. The summed E-state index contributed by atoms with van der Waals surface area (Å²) < 4.78 is 13.7. The van der Waals surface area contributed by atoms with Crippen molar-refractivity contribution in [3.05, 3.63) is 58.9 Å². The van der Waals surface area contributed by atoms with E-state index < -0.39 is 11.7 Å². The molecule has 2 aromatic rings. The highest BCUT2D eigenvalue weighted by atomic mass is 35.5. The van der Waals surface area contributed by atoms with Gasteiger partial charge in [-0.2, -0.15) is 0 Å². The molecule has 3 nitrogen and oxygen atoms in total. The second kappa shape index (κ2) is 5.28. The van der Waals surface area contributed by atoms with Crippen LogP contribution in [0.2, 0.25) is 5.02 Å². The Morgan fingerprint density at radius 3 is 2.42 bits per heavy atom. The molecular formula is C14H12ClFN2O. The van der Waals surface area contributed by atoms with Crippen LogP contribution in [0.4, 0.5) is 15.8 Å². The molecule has 2 rings (SSSR count). The van der Waals surface area contributed by atoms with Crippen LogP contribution in [0.15, 0.2) is 42.5 Å². The Labute approximate surface area is 115 Å². The van der Waals surface area contributed by atoms with E-state index >= 15 is 0 Å². The highest BCUT2D eigenvalue weighted by molar-refractivity contribution is 6.34. The molecule has 0 radical (unpaired) electrons. The fourth-order valence-corrected chi connectivity index (χ4v) is 1.93. The van der Waals surface area contributed by atoms with Gasteiger partial charge in [-0.15, -0.1) is 0 Å². The summed E-state index contributed by atoms with van der Waals surface area (Å²) in [4.78, 5) is 13.6. The molecule has 0 fully saturated rings. The summed E-state index contributed by atoms with van der Waals surface area (Å²) in [5.41, 5.74) is 6.64. The molecule has 0 aliphatic carbocycles. The van der Waals surface area contributed by atoms with Gasteiger partial charge in [-0.05, 0) is 36.4 Å². The molecule has 19 heavy (non-hydrogen) atoms. The second-order valence-electron chi connectivity index (χ2n) is 4.05. The number of nitrogens with zero attached hydrogens (tertiary/aromatic N) is 1. The van der Waals surface area contributed by atoms with Crippen LogP contribution in [-0.4, -0.2) is 13.0 Å². The highest BCUT2D eigenvalue weighted by Crippen LogP contribution is 2.23. The molecule has 5 heteroatoms. The van der Waals surface area contributed by atoms with Gasteiger partial charge in [-0.25, -0.2) is 4.39 Å². The average Bonchev–Trinajstić information content (AvgIpc) is 2.38. The van der Waals surface area contributed by atoms with Crippen molar-refractivity contribution < 1.29 is 9.18 Å². The van der Waals surface area contributed by atoms with Crippen molar-refractivity contribution in [1.29, 1.82) is 0 Å². The average molecular weight is 279 g/mol. The standard InChI is InChI=1S/C14H12ClFN2O/c1-18(10-7-5-9(17)6-8-10)14(19)13-11(15)3-2-4-12(13)16/h2-8H,17H2,1H3. The first kappa shape index (κ1) is 13.4. The van der Waals surface area contributed by atoms with E-state index in [1.165, 1.54) is 23.1 Å². The van der Waals surface area contributed by atoms with Crippen molar-refractivity contribution >= 4 is 28.9 Å². The van der Waals surface area contributed by atoms with E-state index in [2.05, 4.69) is 0 Å². The lowest BCUT2D eigenvalue weighted by Gasteiger charge is -2.18. The fraction of sp³-hybridized carbons (Fsp3) is 0.0714. The lowest BCUT2D eigenvalue weighted by atomic mass is 10.1. The van der Waals surface area contributed by atoms with E-state index in [9.17, 15) is 9.18 Å². The van der Waals surface area contributed by atoms with Crippen LogP contribution >= 0.6 is 11.6 Å². The molecule has 2 aromatic carbocycles. The number of hydrogen-bond acceptors (Lipinski definition) is 2. The number of anilines is 2. The Hall–Kier alpha value is -2.07. The van der Waals surface area contributed by atoms with Crippen LogP contribution in [0.3, 0.4) is 0 Å². The van der Waals surface area contributed by atoms with Gasteiger partial charge in [0.25, 0.3) is 5.91 Å². The third kappa shape index (κ3) is 2.69. The number of nitrogens with two attached hydrogens (primary N) is 1. The van der Waals surface area contributed by atoms with Crippen molar-refractivity contribution in [2.45, 2.75) is 0 Å². The number of carbonyl (C=O) groups excluding carboxylic acids is 1. The molecule has 0 heterocycles. The molecule has 98 valence electrons. The Kier molecular flexibility index (Phi) is 3.71. The number of rotatable bonds is 2. The first-order valence-corrected chi connectivity index (χ1v) is 5.96. The smallest absolute Gasteiger partial charge is 0.262 e. The zero-order valence-corrected chi connectivity index (χ0v) is 11.0. The minimum atomic E-state index is -0.639. The number of halogens is 2. The van der Waals surface area contributed by atoms with Gasteiger partial charge in [-0.1, -0.05) is 17.7 Å². The number of benzene rings is 2. The van der Waals surface area contributed by atoms with Crippen molar-refractivity contribution in [2.75, 3.05) is 17.7 Å². The number of amides is 1. The molecule has 2 N–H and O–H groups in total. The van der Waals surface area contributed by atoms with Crippen molar-refractivity contribution in [3.8, 4) is 0 Å². The van der Waals surface area contributed by atoms with Gasteiger partial charge in [0.2, 0.25) is 0 Å².